The third kappa shape index (κ3) is 7.12. The van der Waals surface area contributed by atoms with Crippen LogP contribution in [-0.2, 0) is 14.3 Å². The topological polar surface area (TPSA) is 159 Å². The number of likely N-dealkylation sites (tertiary alicyclic amines) is 1. The first-order valence-corrected chi connectivity index (χ1v) is 17.7. The van der Waals surface area contributed by atoms with E-state index in [1.165, 1.54) is 22.7 Å². The molecule has 6 atom stereocenters. The second kappa shape index (κ2) is 13.2. The maximum absolute atomic E-state index is 14.1. The predicted molar refractivity (Wildman–Crippen MR) is 183 cm³/mol. The zero-order chi connectivity index (χ0) is 34.5. The molecule has 3 aromatic rings. The van der Waals surface area contributed by atoms with E-state index in [1.54, 1.807) is 13.2 Å². The molecule has 258 valence electrons. The van der Waals surface area contributed by atoms with Gasteiger partial charge in [0.2, 0.25) is 23.0 Å². The van der Waals surface area contributed by atoms with E-state index < -0.39 is 41.5 Å². The monoisotopic (exact) mass is 699 g/mol. The summed E-state index contributed by atoms with van der Waals surface area (Å²) >= 11 is 8.25. The number of pyridine rings is 1. The second-order valence-corrected chi connectivity index (χ2v) is 15.7. The fourth-order valence-electron chi connectivity index (χ4n) is 6.82. The van der Waals surface area contributed by atoms with Crippen molar-refractivity contribution < 1.29 is 33.6 Å². The molecule has 0 spiro atoms. The fourth-order valence-corrected chi connectivity index (χ4v) is 7.96. The summed E-state index contributed by atoms with van der Waals surface area (Å²) < 4.78 is 17.8. The summed E-state index contributed by atoms with van der Waals surface area (Å²) in [5, 5.41) is 9.88. The number of methoxy groups -OCH3 is 1. The average molecular weight is 700 g/mol. The summed E-state index contributed by atoms with van der Waals surface area (Å²) in [5.41, 5.74) is 7.10. The van der Waals surface area contributed by atoms with Crippen LogP contribution in [0.1, 0.15) is 60.3 Å². The number of anilines is 1. The average Bonchev–Trinajstić information content (AvgIpc) is 3.35. The van der Waals surface area contributed by atoms with Crippen LogP contribution < -0.4 is 30.8 Å². The van der Waals surface area contributed by atoms with Crippen molar-refractivity contribution >= 4 is 56.9 Å². The molecule has 2 saturated carbocycles. The lowest BCUT2D eigenvalue weighted by Gasteiger charge is -2.35. The molecule has 0 bridgehead atoms. The standard InChI is InChI=1S/C34H43ClN6O6S/c1-16(2)37-32-39-23(15-48-32)22-13-26(21-7-8-25(45-6)27(35)28(21)38-22)46-20-12-24(30(36)42)41(14-20)31(43)29(34(3,4)5)40-33(44)47-19-10-17-9-18(17)11-19/h7-8,13,15-20,24,29H,9-12,14H2,1-6H3,(H2,36,42)(H,37,39)(H,40,44)/p+1/t17-,18+,19?,20-,24+,29-/m1/s1. The number of nitrogens with zero attached hydrogens (tertiary/aromatic N) is 2. The fraction of sp³-hybridized carbons (Fsp3) is 0.559. The number of aromatic amines is 1. The van der Waals surface area contributed by atoms with Crippen molar-refractivity contribution in [3.8, 4) is 22.9 Å². The minimum Gasteiger partial charge on any atom is -0.495 e. The van der Waals surface area contributed by atoms with Crippen molar-refractivity contribution in [3.63, 3.8) is 0 Å². The first-order valence-electron chi connectivity index (χ1n) is 16.4. The van der Waals surface area contributed by atoms with Gasteiger partial charge in [0.25, 0.3) is 0 Å². The molecule has 3 heterocycles. The molecule has 6 rings (SSSR count). The number of aromatic nitrogens is 2. The van der Waals surface area contributed by atoms with Crippen LogP contribution in [-0.4, -0.2) is 71.8 Å². The summed E-state index contributed by atoms with van der Waals surface area (Å²) in [6, 6.07) is 3.76. The number of carbonyl (C=O) groups excluding carboxylic acids is 3. The van der Waals surface area contributed by atoms with E-state index in [9.17, 15) is 14.4 Å². The Hall–Kier alpha value is -3.84. The van der Waals surface area contributed by atoms with Crippen molar-refractivity contribution in [2.24, 2.45) is 23.0 Å². The Morgan fingerprint density at radius 2 is 1.83 bits per heavy atom. The van der Waals surface area contributed by atoms with E-state index in [0.29, 0.717) is 50.6 Å². The quantitative estimate of drug-likeness (QED) is 0.266. The molecule has 5 N–H and O–H groups in total. The van der Waals surface area contributed by atoms with Crippen LogP contribution in [0.3, 0.4) is 0 Å². The molecule has 0 radical (unpaired) electrons. The molecule has 1 aliphatic heterocycles. The third-order valence-electron chi connectivity index (χ3n) is 9.34. The van der Waals surface area contributed by atoms with Gasteiger partial charge in [0.1, 0.15) is 41.5 Å². The number of alkyl carbamates (subject to hydrolysis) is 1. The van der Waals surface area contributed by atoms with Crippen molar-refractivity contribution in [3.05, 3.63) is 28.6 Å². The Morgan fingerprint density at radius 1 is 1.10 bits per heavy atom. The highest BCUT2D eigenvalue weighted by atomic mass is 35.5. The molecule has 1 saturated heterocycles. The lowest BCUT2D eigenvalue weighted by atomic mass is 9.85. The number of hydrogen-bond donors (Lipinski definition) is 3. The van der Waals surface area contributed by atoms with Crippen molar-refractivity contribution in [1.29, 1.82) is 0 Å². The molecule has 14 heteroatoms. The maximum Gasteiger partial charge on any atom is 0.408 e. The predicted octanol–water partition coefficient (Wildman–Crippen LogP) is 5.03. The number of hydrogen-bond acceptors (Lipinski definition) is 9. The number of fused-ring (bicyclic) bond motifs is 2. The van der Waals surface area contributed by atoms with E-state index >= 15 is 0 Å². The van der Waals surface area contributed by atoms with Crippen LogP contribution in [0.2, 0.25) is 5.02 Å². The summed E-state index contributed by atoms with van der Waals surface area (Å²) in [6.45, 7) is 9.74. The van der Waals surface area contributed by atoms with Crippen molar-refractivity contribution in [2.75, 3.05) is 19.0 Å². The molecule has 48 heavy (non-hydrogen) atoms. The minimum atomic E-state index is -0.954. The van der Waals surface area contributed by atoms with E-state index in [1.807, 2.05) is 52.1 Å². The normalized spacial score (nSPS) is 23.9. The van der Waals surface area contributed by atoms with Crippen LogP contribution in [0.25, 0.3) is 22.3 Å². The minimum absolute atomic E-state index is 0.0835. The number of amides is 3. The number of rotatable bonds is 10. The van der Waals surface area contributed by atoms with E-state index in [-0.39, 0.29) is 25.1 Å². The number of ether oxygens (including phenoxy) is 3. The highest BCUT2D eigenvalue weighted by molar-refractivity contribution is 7.14. The highest BCUT2D eigenvalue weighted by Gasteiger charge is 2.48. The SMILES string of the molecule is COc1ccc2c(O[C@@H]3C[C@@H](C(N)=O)N(C(=O)[C@@H](NC(=O)OC4C[C@@H]5C[C@@H]5C4)C(C)(C)C)C3)cc(-c3csc(NC(C)C)n3)[nH+]c2c1Cl. The molecule has 3 fully saturated rings. The largest absolute Gasteiger partial charge is 0.495 e. The number of carbonyl (C=O) groups is 3. The van der Waals surface area contributed by atoms with Crippen molar-refractivity contribution in [2.45, 2.75) is 90.6 Å². The van der Waals surface area contributed by atoms with E-state index in [4.69, 9.17) is 36.5 Å². The van der Waals surface area contributed by atoms with Crippen LogP contribution in [0.15, 0.2) is 23.6 Å². The maximum atomic E-state index is 14.1. The number of H-pyrrole nitrogens is 1. The van der Waals surface area contributed by atoms with Gasteiger partial charge in [-0.15, -0.1) is 11.3 Å². The molecule has 1 aromatic carbocycles. The number of primary amides is 1. The number of nitrogens with two attached hydrogens (primary N) is 1. The zero-order valence-electron chi connectivity index (χ0n) is 28.1. The third-order valence-corrected chi connectivity index (χ3v) is 10.5. The molecular formula is C34H44ClN6O6S+. The van der Waals surface area contributed by atoms with E-state index in [0.717, 1.165) is 18.0 Å². The Labute approximate surface area is 289 Å². The Kier molecular flexibility index (Phi) is 9.38. The zero-order valence-corrected chi connectivity index (χ0v) is 29.7. The van der Waals surface area contributed by atoms with Crippen LogP contribution in [0, 0.1) is 17.3 Å². The highest BCUT2D eigenvalue weighted by Crippen LogP contribution is 2.52. The molecule has 3 aliphatic rings. The Bertz CT molecular complexity index is 1720. The molecule has 1 unspecified atom stereocenters. The van der Waals surface area contributed by atoms with Crippen LogP contribution in [0.4, 0.5) is 9.93 Å². The first kappa shape index (κ1) is 34.0. The van der Waals surface area contributed by atoms with Gasteiger partial charge in [-0.25, -0.2) is 14.8 Å². The van der Waals surface area contributed by atoms with Gasteiger partial charge in [-0.2, -0.15) is 0 Å². The molecule has 3 amide bonds. The number of halogens is 1. The summed E-state index contributed by atoms with van der Waals surface area (Å²) in [4.78, 5) is 49.4. The van der Waals surface area contributed by atoms with E-state index in [2.05, 4.69) is 15.6 Å². The van der Waals surface area contributed by atoms with Crippen LogP contribution in [0.5, 0.6) is 11.5 Å². The van der Waals surface area contributed by atoms with Gasteiger partial charge in [0.15, 0.2) is 10.2 Å². The van der Waals surface area contributed by atoms with Gasteiger partial charge in [-0.1, -0.05) is 32.4 Å². The second-order valence-electron chi connectivity index (χ2n) is 14.5. The summed E-state index contributed by atoms with van der Waals surface area (Å²) in [6.07, 6.45) is 1.77. The van der Waals surface area contributed by atoms with Gasteiger partial charge >= 0.3 is 6.09 Å². The number of nitrogens with one attached hydrogen (secondary N) is 3. The molecular weight excluding hydrogens is 656 g/mol. The van der Waals surface area contributed by atoms with Gasteiger partial charge in [-0.3, -0.25) is 9.59 Å². The van der Waals surface area contributed by atoms with Gasteiger partial charge in [-0.05, 0) is 62.5 Å². The Morgan fingerprint density at radius 3 is 2.48 bits per heavy atom. The smallest absolute Gasteiger partial charge is 0.408 e. The number of benzene rings is 1. The van der Waals surface area contributed by atoms with Crippen molar-refractivity contribution in [1.82, 2.24) is 15.2 Å². The molecule has 2 aromatic heterocycles. The van der Waals surface area contributed by atoms with Gasteiger partial charge in [0, 0.05) is 17.8 Å². The van der Waals surface area contributed by atoms with Gasteiger partial charge in [0.05, 0.1) is 25.1 Å². The van der Waals surface area contributed by atoms with Crippen LogP contribution >= 0.6 is 22.9 Å². The number of thiazole rings is 1. The first-order chi connectivity index (χ1) is 22.7. The molecule has 2 aliphatic carbocycles. The summed E-state index contributed by atoms with van der Waals surface area (Å²) in [7, 11) is 1.54. The lowest BCUT2D eigenvalue weighted by molar-refractivity contribution is -0.331. The lowest BCUT2D eigenvalue weighted by Crippen LogP contribution is -2.57. The summed E-state index contributed by atoms with van der Waals surface area (Å²) in [5.74, 6) is 1.20. The molecule has 12 nitrogen and oxygen atoms in total. The Balaban J connectivity index is 1.26. The van der Waals surface area contributed by atoms with Gasteiger partial charge < -0.3 is 35.5 Å².